The van der Waals surface area contributed by atoms with E-state index in [4.69, 9.17) is 4.99 Å². The molecule has 1 unspecified atom stereocenters. The summed E-state index contributed by atoms with van der Waals surface area (Å²) in [7, 11) is 0. The molecule has 0 aromatic rings. The zero-order valence-corrected chi connectivity index (χ0v) is 18.1. The van der Waals surface area contributed by atoms with Crippen LogP contribution in [0.5, 0.6) is 0 Å². The molecule has 1 aliphatic carbocycles. The molecule has 28 heavy (non-hydrogen) atoms. The molecule has 1 amide bonds. The summed E-state index contributed by atoms with van der Waals surface area (Å²) in [5, 5.41) is 6.95. The summed E-state index contributed by atoms with van der Waals surface area (Å²) in [6, 6.07) is 0.321. The van der Waals surface area contributed by atoms with Crippen LogP contribution in [0, 0.1) is 11.8 Å². The molecule has 160 valence electrons. The summed E-state index contributed by atoms with van der Waals surface area (Å²) in [5.41, 5.74) is 0. The number of carbonyl (C=O) groups is 1. The van der Waals surface area contributed by atoms with Crippen LogP contribution in [0.25, 0.3) is 0 Å². The van der Waals surface area contributed by atoms with Gasteiger partial charge >= 0.3 is 0 Å². The highest BCUT2D eigenvalue weighted by Crippen LogP contribution is 2.26. The molecule has 0 aromatic carbocycles. The van der Waals surface area contributed by atoms with Crippen molar-refractivity contribution in [3.63, 3.8) is 0 Å². The molecule has 3 aliphatic rings. The molecule has 2 heterocycles. The van der Waals surface area contributed by atoms with Crippen molar-refractivity contribution in [2.24, 2.45) is 16.8 Å². The molecule has 2 aliphatic heterocycles. The lowest BCUT2D eigenvalue weighted by molar-refractivity contribution is -0.135. The standard InChI is InChI=1S/C22H41N5O/c1-3-23-22(24-12-16-26-13-9-18(2)10-14-26)25-20-11-15-27(17-20)21(28)19-7-5-4-6-8-19/h18-20H,3-17H2,1-2H3,(H2,23,24,25). The Morgan fingerprint density at radius 1 is 1.04 bits per heavy atom. The predicted octanol–water partition coefficient (Wildman–Crippen LogP) is 2.45. The Morgan fingerprint density at radius 3 is 2.50 bits per heavy atom. The Morgan fingerprint density at radius 2 is 1.79 bits per heavy atom. The van der Waals surface area contributed by atoms with E-state index < -0.39 is 0 Å². The highest BCUT2D eigenvalue weighted by Gasteiger charge is 2.31. The quantitative estimate of drug-likeness (QED) is 0.539. The summed E-state index contributed by atoms with van der Waals surface area (Å²) >= 11 is 0. The number of aliphatic imine (C=N–C) groups is 1. The SMILES string of the molecule is CCNC(=NCCN1CCC(C)CC1)NC1CCN(C(=O)C2CCCCC2)C1. The Hall–Kier alpha value is -1.30. The summed E-state index contributed by atoms with van der Waals surface area (Å²) in [4.78, 5) is 22.2. The minimum Gasteiger partial charge on any atom is -0.357 e. The van der Waals surface area contributed by atoms with Gasteiger partial charge in [-0.3, -0.25) is 9.79 Å². The number of nitrogens with zero attached hydrogens (tertiary/aromatic N) is 3. The third-order valence-corrected chi connectivity index (χ3v) is 6.70. The van der Waals surface area contributed by atoms with Gasteiger partial charge in [0.15, 0.2) is 5.96 Å². The summed E-state index contributed by atoms with van der Waals surface area (Å²) in [5.74, 6) is 2.46. The lowest BCUT2D eigenvalue weighted by atomic mass is 9.88. The molecule has 0 radical (unpaired) electrons. The number of carbonyl (C=O) groups excluding carboxylic acids is 1. The molecule has 6 heteroatoms. The molecular formula is C22H41N5O. The van der Waals surface area contributed by atoms with Gasteiger partial charge in [0.2, 0.25) is 5.91 Å². The van der Waals surface area contributed by atoms with Crippen LogP contribution in [-0.4, -0.2) is 73.5 Å². The van der Waals surface area contributed by atoms with Gasteiger partial charge in [0.05, 0.1) is 6.54 Å². The van der Waals surface area contributed by atoms with Crippen LogP contribution in [0.3, 0.4) is 0 Å². The van der Waals surface area contributed by atoms with Crippen LogP contribution in [0.15, 0.2) is 4.99 Å². The maximum atomic E-state index is 12.8. The molecular weight excluding hydrogens is 350 g/mol. The first-order valence-corrected chi connectivity index (χ1v) is 11.7. The molecule has 0 bridgehead atoms. The number of hydrogen-bond donors (Lipinski definition) is 2. The first-order valence-electron chi connectivity index (χ1n) is 11.7. The van der Waals surface area contributed by atoms with Crippen LogP contribution in [0.4, 0.5) is 0 Å². The van der Waals surface area contributed by atoms with Gasteiger partial charge in [-0.1, -0.05) is 26.2 Å². The zero-order chi connectivity index (χ0) is 19.8. The second kappa shape index (κ2) is 11.0. The fraction of sp³-hybridized carbons (Fsp3) is 0.909. The maximum Gasteiger partial charge on any atom is 0.225 e. The lowest BCUT2D eigenvalue weighted by Gasteiger charge is -2.29. The number of hydrogen-bond acceptors (Lipinski definition) is 3. The molecule has 1 saturated carbocycles. The van der Waals surface area contributed by atoms with E-state index in [-0.39, 0.29) is 5.92 Å². The fourth-order valence-electron chi connectivity index (χ4n) is 4.79. The molecule has 0 aromatic heterocycles. The van der Waals surface area contributed by atoms with Crippen LogP contribution in [0.1, 0.15) is 65.2 Å². The number of piperidine rings is 1. The van der Waals surface area contributed by atoms with E-state index in [9.17, 15) is 4.79 Å². The normalized spacial score (nSPS) is 25.9. The second-order valence-corrected chi connectivity index (χ2v) is 9.03. The van der Waals surface area contributed by atoms with E-state index in [2.05, 4.69) is 34.3 Å². The molecule has 3 fully saturated rings. The van der Waals surface area contributed by atoms with E-state index in [1.54, 1.807) is 0 Å². The Kier molecular flexibility index (Phi) is 8.44. The van der Waals surface area contributed by atoms with Crippen molar-refractivity contribution in [2.45, 2.75) is 71.3 Å². The first-order chi connectivity index (χ1) is 13.7. The largest absolute Gasteiger partial charge is 0.357 e. The van der Waals surface area contributed by atoms with Crippen molar-refractivity contribution in [3.05, 3.63) is 0 Å². The van der Waals surface area contributed by atoms with Gasteiger partial charge in [-0.2, -0.15) is 0 Å². The molecule has 2 saturated heterocycles. The monoisotopic (exact) mass is 391 g/mol. The minimum absolute atomic E-state index is 0.279. The van der Waals surface area contributed by atoms with E-state index in [1.165, 1.54) is 45.2 Å². The molecule has 6 nitrogen and oxygen atoms in total. The summed E-state index contributed by atoms with van der Waals surface area (Å²) in [6.45, 7) is 11.3. The lowest BCUT2D eigenvalue weighted by Crippen LogP contribution is -2.46. The van der Waals surface area contributed by atoms with Crippen molar-refractivity contribution >= 4 is 11.9 Å². The second-order valence-electron chi connectivity index (χ2n) is 9.03. The predicted molar refractivity (Wildman–Crippen MR) is 116 cm³/mol. The van der Waals surface area contributed by atoms with Crippen molar-refractivity contribution in [3.8, 4) is 0 Å². The van der Waals surface area contributed by atoms with Gasteiger partial charge in [-0.05, 0) is 58.0 Å². The Bertz CT molecular complexity index is 509. The van der Waals surface area contributed by atoms with Crippen molar-refractivity contribution in [1.29, 1.82) is 0 Å². The fourth-order valence-corrected chi connectivity index (χ4v) is 4.79. The molecule has 0 spiro atoms. The third kappa shape index (κ3) is 6.36. The van der Waals surface area contributed by atoms with Gasteiger partial charge in [-0.25, -0.2) is 0 Å². The van der Waals surface area contributed by atoms with E-state index in [0.717, 1.165) is 63.9 Å². The van der Waals surface area contributed by atoms with Crippen LogP contribution >= 0.6 is 0 Å². The topological polar surface area (TPSA) is 60.0 Å². The zero-order valence-electron chi connectivity index (χ0n) is 18.1. The third-order valence-electron chi connectivity index (χ3n) is 6.70. The number of amides is 1. The van der Waals surface area contributed by atoms with Crippen LogP contribution < -0.4 is 10.6 Å². The minimum atomic E-state index is 0.279. The van der Waals surface area contributed by atoms with Gasteiger partial charge in [-0.15, -0.1) is 0 Å². The molecule has 3 rings (SSSR count). The average Bonchev–Trinajstić information content (AvgIpc) is 3.18. The van der Waals surface area contributed by atoms with Gasteiger partial charge in [0.1, 0.15) is 0 Å². The van der Waals surface area contributed by atoms with E-state index >= 15 is 0 Å². The van der Waals surface area contributed by atoms with Crippen LogP contribution in [-0.2, 0) is 4.79 Å². The summed E-state index contributed by atoms with van der Waals surface area (Å²) < 4.78 is 0. The number of nitrogens with one attached hydrogen (secondary N) is 2. The van der Waals surface area contributed by atoms with Crippen molar-refractivity contribution < 1.29 is 4.79 Å². The summed E-state index contributed by atoms with van der Waals surface area (Å²) in [6.07, 6.45) is 9.57. The van der Waals surface area contributed by atoms with Gasteiger partial charge in [0.25, 0.3) is 0 Å². The van der Waals surface area contributed by atoms with Gasteiger partial charge in [0, 0.05) is 38.1 Å². The van der Waals surface area contributed by atoms with Crippen molar-refractivity contribution in [2.75, 3.05) is 45.8 Å². The Balaban J connectivity index is 1.42. The Labute approximate surface area is 171 Å². The van der Waals surface area contributed by atoms with Crippen LogP contribution in [0.2, 0.25) is 0 Å². The van der Waals surface area contributed by atoms with E-state index in [1.807, 2.05) is 0 Å². The first kappa shape index (κ1) is 21.4. The highest BCUT2D eigenvalue weighted by atomic mass is 16.2. The number of likely N-dealkylation sites (tertiary alicyclic amines) is 2. The van der Waals surface area contributed by atoms with Crippen molar-refractivity contribution in [1.82, 2.24) is 20.4 Å². The average molecular weight is 392 g/mol. The van der Waals surface area contributed by atoms with E-state index in [0.29, 0.717) is 11.9 Å². The maximum absolute atomic E-state index is 12.8. The smallest absolute Gasteiger partial charge is 0.225 e. The molecule has 1 atom stereocenters. The molecule has 2 N–H and O–H groups in total. The highest BCUT2D eigenvalue weighted by molar-refractivity contribution is 5.81. The van der Waals surface area contributed by atoms with Gasteiger partial charge < -0.3 is 20.4 Å². The number of rotatable bonds is 6. The number of guanidine groups is 1.